The van der Waals surface area contributed by atoms with E-state index in [4.69, 9.17) is 4.84 Å². The standard InChI is InChI=1S/C14H16N2O2S2/c1-11-15-13(9-20-11)8-19-10-14(17)16-18-7-12-5-3-2-4-6-12/h2-6,9H,7-8,10H2,1H3,(H,16,17). The van der Waals surface area contributed by atoms with Crippen LogP contribution in [0.25, 0.3) is 0 Å². The fourth-order valence-electron chi connectivity index (χ4n) is 1.53. The lowest BCUT2D eigenvalue weighted by molar-refractivity contribution is -0.131. The maximum atomic E-state index is 11.6. The molecule has 1 N–H and O–H groups in total. The molecule has 6 heteroatoms. The Labute approximate surface area is 126 Å². The first-order valence-electron chi connectivity index (χ1n) is 6.17. The Morgan fingerprint density at radius 1 is 1.40 bits per heavy atom. The Bertz CT molecular complexity index is 543. The minimum Gasteiger partial charge on any atom is -0.272 e. The molecular weight excluding hydrogens is 292 g/mol. The lowest BCUT2D eigenvalue weighted by Gasteiger charge is -2.05. The van der Waals surface area contributed by atoms with Gasteiger partial charge in [0, 0.05) is 11.1 Å². The van der Waals surface area contributed by atoms with Gasteiger partial charge in [-0.25, -0.2) is 10.5 Å². The number of thiazole rings is 1. The maximum absolute atomic E-state index is 11.6. The number of aromatic nitrogens is 1. The number of benzene rings is 1. The van der Waals surface area contributed by atoms with Gasteiger partial charge in [-0.2, -0.15) is 0 Å². The van der Waals surface area contributed by atoms with Gasteiger partial charge in [-0.15, -0.1) is 23.1 Å². The molecule has 0 aliphatic heterocycles. The molecule has 0 saturated carbocycles. The van der Waals surface area contributed by atoms with Crippen molar-refractivity contribution in [1.29, 1.82) is 0 Å². The zero-order valence-corrected chi connectivity index (χ0v) is 12.8. The third-order valence-electron chi connectivity index (χ3n) is 2.42. The van der Waals surface area contributed by atoms with E-state index >= 15 is 0 Å². The topological polar surface area (TPSA) is 51.2 Å². The summed E-state index contributed by atoms with van der Waals surface area (Å²) in [6.07, 6.45) is 0. The van der Waals surface area contributed by atoms with Crippen LogP contribution in [-0.2, 0) is 22.0 Å². The van der Waals surface area contributed by atoms with Gasteiger partial charge >= 0.3 is 0 Å². The summed E-state index contributed by atoms with van der Waals surface area (Å²) in [5.74, 6) is 0.986. The van der Waals surface area contributed by atoms with Gasteiger partial charge in [0.05, 0.1) is 23.1 Å². The van der Waals surface area contributed by atoms with E-state index in [2.05, 4.69) is 10.5 Å². The fourth-order valence-corrected chi connectivity index (χ4v) is 2.95. The van der Waals surface area contributed by atoms with E-state index in [1.54, 1.807) is 11.3 Å². The van der Waals surface area contributed by atoms with Gasteiger partial charge in [-0.1, -0.05) is 30.3 Å². The van der Waals surface area contributed by atoms with Crippen molar-refractivity contribution < 1.29 is 9.63 Å². The number of hydroxylamine groups is 1. The molecule has 1 heterocycles. The van der Waals surface area contributed by atoms with Crippen LogP contribution in [0, 0.1) is 6.92 Å². The summed E-state index contributed by atoms with van der Waals surface area (Å²) in [5, 5.41) is 3.07. The van der Waals surface area contributed by atoms with E-state index in [1.807, 2.05) is 42.6 Å². The Morgan fingerprint density at radius 2 is 2.20 bits per heavy atom. The monoisotopic (exact) mass is 308 g/mol. The van der Waals surface area contributed by atoms with Crippen LogP contribution >= 0.6 is 23.1 Å². The van der Waals surface area contributed by atoms with E-state index in [9.17, 15) is 4.79 Å². The summed E-state index contributed by atoms with van der Waals surface area (Å²) >= 11 is 3.15. The zero-order chi connectivity index (χ0) is 14.2. The number of nitrogens with zero attached hydrogens (tertiary/aromatic N) is 1. The number of thioether (sulfide) groups is 1. The molecule has 0 spiro atoms. The van der Waals surface area contributed by atoms with Crippen molar-refractivity contribution in [3.63, 3.8) is 0 Å². The highest BCUT2D eigenvalue weighted by Crippen LogP contribution is 2.14. The number of hydrogen-bond acceptors (Lipinski definition) is 5. The van der Waals surface area contributed by atoms with E-state index in [1.165, 1.54) is 11.8 Å². The highest BCUT2D eigenvalue weighted by Gasteiger charge is 2.04. The molecule has 0 fully saturated rings. The molecule has 1 aromatic heterocycles. The number of aryl methyl sites for hydroxylation is 1. The molecule has 1 aromatic carbocycles. The molecule has 0 unspecified atom stereocenters. The van der Waals surface area contributed by atoms with Crippen molar-refractivity contribution in [2.75, 3.05) is 5.75 Å². The summed E-state index contributed by atoms with van der Waals surface area (Å²) in [6, 6.07) is 9.72. The Morgan fingerprint density at radius 3 is 2.90 bits per heavy atom. The maximum Gasteiger partial charge on any atom is 0.253 e. The second-order valence-corrected chi connectivity index (χ2v) is 6.20. The summed E-state index contributed by atoms with van der Waals surface area (Å²) in [4.78, 5) is 21.1. The third kappa shape index (κ3) is 5.32. The lowest BCUT2D eigenvalue weighted by Crippen LogP contribution is -2.25. The van der Waals surface area contributed by atoms with Crippen LogP contribution in [0.15, 0.2) is 35.7 Å². The molecule has 0 atom stereocenters. The Kier molecular flexibility index (Phi) is 6.04. The van der Waals surface area contributed by atoms with Crippen LogP contribution in [0.4, 0.5) is 0 Å². The van der Waals surface area contributed by atoms with E-state index in [0.717, 1.165) is 22.0 Å². The molecule has 0 aliphatic rings. The largest absolute Gasteiger partial charge is 0.272 e. The van der Waals surface area contributed by atoms with Crippen LogP contribution in [-0.4, -0.2) is 16.6 Å². The quantitative estimate of drug-likeness (QED) is 0.799. The number of carbonyl (C=O) groups is 1. The zero-order valence-electron chi connectivity index (χ0n) is 11.2. The van der Waals surface area contributed by atoms with Crippen molar-refractivity contribution in [2.45, 2.75) is 19.3 Å². The lowest BCUT2D eigenvalue weighted by atomic mass is 10.2. The van der Waals surface area contributed by atoms with Gasteiger partial charge in [0.2, 0.25) is 0 Å². The molecule has 0 saturated heterocycles. The van der Waals surface area contributed by atoms with Crippen LogP contribution in [0.5, 0.6) is 0 Å². The van der Waals surface area contributed by atoms with Gasteiger partial charge in [-0.3, -0.25) is 9.63 Å². The normalized spacial score (nSPS) is 10.4. The van der Waals surface area contributed by atoms with Crippen LogP contribution in [0.3, 0.4) is 0 Å². The molecule has 4 nitrogen and oxygen atoms in total. The Balaban J connectivity index is 1.59. The SMILES string of the molecule is Cc1nc(CSCC(=O)NOCc2ccccc2)cs1. The van der Waals surface area contributed by atoms with Gasteiger partial charge in [-0.05, 0) is 12.5 Å². The first kappa shape index (κ1) is 15.0. The molecule has 106 valence electrons. The van der Waals surface area contributed by atoms with E-state index < -0.39 is 0 Å². The molecule has 0 radical (unpaired) electrons. The van der Waals surface area contributed by atoms with Crippen molar-refractivity contribution in [3.05, 3.63) is 52.0 Å². The molecule has 20 heavy (non-hydrogen) atoms. The number of rotatable bonds is 7. The predicted octanol–water partition coefficient (Wildman–Crippen LogP) is 2.93. The highest BCUT2D eigenvalue weighted by atomic mass is 32.2. The van der Waals surface area contributed by atoms with E-state index in [0.29, 0.717) is 12.4 Å². The van der Waals surface area contributed by atoms with Gasteiger partial charge in [0.1, 0.15) is 0 Å². The third-order valence-corrected chi connectivity index (χ3v) is 4.21. The van der Waals surface area contributed by atoms with Gasteiger partial charge < -0.3 is 0 Å². The second-order valence-electron chi connectivity index (χ2n) is 4.15. The van der Waals surface area contributed by atoms with Gasteiger partial charge in [0.15, 0.2) is 0 Å². The minimum absolute atomic E-state index is 0.127. The number of amides is 1. The van der Waals surface area contributed by atoms with Crippen molar-refractivity contribution >= 4 is 29.0 Å². The van der Waals surface area contributed by atoms with E-state index in [-0.39, 0.29) is 5.91 Å². The van der Waals surface area contributed by atoms with Crippen molar-refractivity contribution in [1.82, 2.24) is 10.5 Å². The average molecular weight is 308 g/mol. The predicted molar refractivity (Wildman–Crippen MR) is 82.4 cm³/mol. The summed E-state index contributed by atoms with van der Waals surface area (Å²) < 4.78 is 0. The molecule has 1 amide bonds. The van der Waals surface area contributed by atoms with Crippen LogP contribution < -0.4 is 5.48 Å². The van der Waals surface area contributed by atoms with Crippen LogP contribution in [0.2, 0.25) is 0 Å². The molecule has 2 rings (SSSR count). The average Bonchev–Trinajstić information content (AvgIpc) is 2.86. The van der Waals surface area contributed by atoms with Gasteiger partial charge in [0.25, 0.3) is 5.91 Å². The summed E-state index contributed by atoms with van der Waals surface area (Å²) in [5.41, 5.74) is 4.49. The number of nitrogens with one attached hydrogen (secondary N) is 1. The van der Waals surface area contributed by atoms with Crippen LogP contribution in [0.1, 0.15) is 16.3 Å². The van der Waals surface area contributed by atoms with Crippen molar-refractivity contribution in [3.8, 4) is 0 Å². The summed E-state index contributed by atoms with van der Waals surface area (Å²) in [6.45, 7) is 2.35. The molecule has 0 aliphatic carbocycles. The summed E-state index contributed by atoms with van der Waals surface area (Å²) in [7, 11) is 0. The first-order chi connectivity index (χ1) is 9.74. The first-order valence-corrected chi connectivity index (χ1v) is 8.21. The highest BCUT2D eigenvalue weighted by molar-refractivity contribution is 7.99. The number of carbonyl (C=O) groups excluding carboxylic acids is 1. The molecule has 0 bridgehead atoms. The number of hydrogen-bond donors (Lipinski definition) is 1. The Hall–Kier alpha value is -1.37. The molecule has 2 aromatic rings. The second kappa shape index (κ2) is 8.04. The minimum atomic E-state index is -0.127. The fraction of sp³-hybridized carbons (Fsp3) is 0.286. The smallest absolute Gasteiger partial charge is 0.253 e. The van der Waals surface area contributed by atoms with Crippen molar-refractivity contribution in [2.24, 2.45) is 0 Å². The molecular formula is C14H16N2O2S2.